The molecule has 0 spiro atoms. The molecule has 9 heteroatoms. The molecule has 3 aromatic heterocycles. The largest absolute Gasteiger partial charge is 0.474 e. The van der Waals surface area contributed by atoms with Crippen molar-refractivity contribution in [2.45, 2.75) is 13.0 Å². The standard InChI is InChI=1S/C14H16N8O/c1-7(8-3-2-4-17-10(8)15)22-5-6-23-13-9-11(20-21-13)18-14(16)19-12(9)22/h2-4,7H,5-6H2,1H3,(H2,15,17)(H3,16,18,19,20,21)/t7-/m1/s1. The van der Waals surface area contributed by atoms with Gasteiger partial charge in [-0.25, -0.2) is 4.98 Å². The van der Waals surface area contributed by atoms with Crippen molar-refractivity contribution >= 4 is 28.6 Å². The van der Waals surface area contributed by atoms with Crippen molar-refractivity contribution in [1.82, 2.24) is 25.1 Å². The van der Waals surface area contributed by atoms with Gasteiger partial charge in [0.15, 0.2) is 5.65 Å². The number of nitrogen functional groups attached to an aromatic ring is 2. The van der Waals surface area contributed by atoms with Gasteiger partial charge in [0.1, 0.15) is 23.6 Å². The number of rotatable bonds is 2. The van der Waals surface area contributed by atoms with Crippen LogP contribution in [-0.4, -0.2) is 38.3 Å². The maximum absolute atomic E-state index is 6.02. The number of hydrogen-bond acceptors (Lipinski definition) is 8. The van der Waals surface area contributed by atoms with Crippen LogP contribution in [-0.2, 0) is 0 Å². The van der Waals surface area contributed by atoms with Gasteiger partial charge in [0.05, 0.1) is 12.6 Å². The van der Waals surface area contributed by atoms with Gasteiger partial charge in [-0.3, -0.25) is 5.10 Å². The molecule has 0 saturated carbocycles. The first-order valence-corrected chi connectivity index (χ1v) is 7.26. The second-order valence-corrected chi connectivity index (χ2v) is 5.35. The molecule has 0 fully saturated rings. The molecular weight excluding hydrogens is 296 g/mol. The van der Waals surface area contributed by atoms with Crippen LogP contribution in [0.3, 0.4) is 0 Å². The molecule has 0 radical (unpaired) electrons. The number of hydrogen-bond donors (Lipinski definition) is 3. The second kappa shape index (κ2) is 4.97. The maximum Gasteiger partial charge on any atom is 0.246 e. The smallest absolute Gasteiger partial charge is 0.246 e. The summed E-state index contributed by atoms with van der Waals surface area (Å²) >= 11 is 0. The highest BCUT2D eigenvalue weighted by Gasteiger charge is 2.28. The van der Waals surface area contributed by atoms with E-state index in [9.17, 15) is 0 Å². The molecule has 0 bridgehead atoms. The van der Waals surface area contributed by atoms with Gasteiger partial charge in [-0.15, -0.1) is 5.10 Å². The average Bonchev–Trinajstić information content (AvgIpc) is 2.84. The van der Waals surface area contributed by atoms with Gasteiger partial charge >= 0.3 is 0 Å². The van der Waals surface area contributed by atoms with Gasteiger partial charge in [-0.1, -0.05) is 6.07 Å². The first-order valence-electron chi connectivity index (χ1n) is 7.26. The molecule has 0 unspecified atom stereocenters. The molecule has 0 saturated heterocycles. The molecular formula is C14H16N8O. The number of pyridine rings is 1. The van der Waals surface area contributed by atoms with E-state index < -0.39 is 0 Å². The first-order chi connectivity index (χ1) is 11.1. The molecule has 0 amide bonds. The lowest BCUT2D eigenvalue weighted by molar-refractivity contribution is 0.315. The summed E-state index contributed by atoms with van der Waals surface area (Å²) in [7, 11) is 0. The Morgan fingerprint density at radius 3 is 3.04 bits per heavy atom. The number of nitrogens with one attached hydrogen (secondary N) is 1. The summed E-state index contributed by atoms with van der Waals surface area (Å²) in [5, 5.41) is 7.70. The van der Waals surface area contributed by atoms with Gasteiger partial charge in [-0.2, -0.15) is 9.97 Å². The number of nitrogens with two attached hydrogens (primary N) is 2. The number of aromatic amines is 1. The van der Waals surface area contributed by atoms with E-state index in [1.807, 2.05) is 19.1 Å². The van der Waals surface area contributed by atoms with E-state index in [2.05, 4.69) is 30.0 Å². The Bertz CT molecular complexity index is 876. The highest BCUT2D eigenvalue weighted by atomic mass is 16.5. The van der Waals surface area contributed by atoms with Crippen LogP contribution >= 0.6 is 0 Å². The molecule has 4 rings (SSSR count). The lowest BCUT2D eigenvalue weighted by atomic mass is 10.1. The topological polar surface area (TPSA) is 132 Å². The molecule has 1 aliphatic heterocycles. The van der Waals surface area contributed by atoms with Crippen molar-refractivity contribution in [1.29, 1.82) is 0 Å². The minimum absolute atomic E-state index is 0.0503. The molecule has 0 aromatic carbocycles. The molecule has 1 atom stereocenters. The number of ether oxygens (including phenoxy) is 1. The van der Waals surface area contributed by atoms with Gasteiger partial charge in [0, 0.05) is 11.8 Å². The predicted octanol–water partition coefficient (Wildman–Crippen LogP) is 0.872. The summed E-state index contributed by atoms with van der Waals surface area (Å²) < 4.78 is 5.70. The number of anilines is 3. The summed E-state index contributed by atoms with van der Waals surface area (Å²) in [4.78, 5) is 14.8. The van der Waals surface area contributed by atoms with E-state index in [1.54, 1.807) is 6.20 Å². The fourth-order valence-electron chi connectivity index (χ4n) is 2.89. The summed E-state index contributed by atoms with van der Waals surface area (Å²) in [5.74, 6) is 1.85. The molecule has 1 aliphatic rings. The van der Waals surface area contributed by atoms with E-state index in [-0.39, 0.29) is 12.0 Å². The zero-order valence-electron chi connectivity index (χ0n) is 12.5. The lowest BCUT2D eigenvalue weighted by Crippen LogP contribution is -2.31. The van der Waals surface area contributed by atoms with E-state index >= 15 is 0 Å². The number of H-pyrrole nitrogens is 1. The molecule has 5 N–H and O–H groups in total. The minimum Gasteiger partial charge on any atom is -0.474 e. The third-order valence-corrected chi connectivity index (χ3v) is 4.02. The highest BCUT2D eigenvalue weighted by molar-refractivity contribution is 5.93. The van der Waals surface area contributed by atoms with Crippen LogP contribution in [0, 0.1) is 0 Å². The Morgan fingerprint density at radius 2 is 2.22 bits per heavy atom. The van der Waals surface area contributed by atoms with Gasteiger partial charge in [0.2, 0.25) is 11.8 Å². The van der Waals surface area contributed by atoms with Crippen molar-refractivity contribution in [3.8, 4) is 5.88 Å². The number of aromatic nitrogens is 5. The van der Waals surface area contributed by atoms with Gasteiger partial charge in [0.25, 0.3) is 0 Å². The average molecular weight is 312 g/mol. The van der Waals surface area contributed by atoms with Gasteiger partial charge in [-0.05, 0) is 13.0 Å². The molecule has 3 aromatic rings. The van der Waals surface area contributed by atoms with E-state index in [0.717, 1.165) is 10.9 Å². The third-order valence-electron chi connectivity index (χ3n) is 4.02. The lowest BCUT2D eigenvalue weighted by Gasteiger charge is -2.29. The van der Waals surface area contributed by atoms with E-state index in [0.29, 0.717) is 36.3 Å². The Labute approximate surface area is 131 Å². The highest BCUT2D eigenvalue weighted by Crippen LogP contribution is 2.37. The second-order valence-electron chi connectivity index (χ2n) is 5.35. The first kappa shape index (κ1) is 13.6. The van der Waals surface area contributed by atoms with Crippen molar-refractivity contribution in [2.75, 3.05) is 29.5 Å². The summed E-state index contributed by atoms with van der Waals surface area (Å²) in [6.45, 7) is 3.14. The van der Waals surface area contributed by atoms with Crippen LogP contribution in [0.4, 0.5) is 17.6 Å². The monoisotopic (exact) mass is 312 g/mol. The Balaban J connectivity index is 1.88. The SMILES string of the molecule is C[C@H](c1cccnc1N)N1CCOc2n[nH]c3nc(N)nc1c23. The van der Waals surface area contributed by atoms with Crippen LogP contribution in [0.15, 0.2) is 18.3 Å². The van der Waals surface area contributed by atoms with Crippen LogP contribution in [0.25, 0.3) is 11.0 Å². The van der Waals surface area contributed by atoms with Crippen molar-refractivity contribution in [3.63, 3.8) is 0 Å². The summed E-state index contributed by atoms with van der Waals surface area (Å²) in [5.41, 5.74) is 13.3. The van der Waals surface area contributed by atoms with Crippen LogP contribution < -0.4 is 21.1 Å². The van der Waals surface area contributed by atoms with Crippen molar-refractivity contribution in [2.24, 2.45) is 0 Å². The Hall–Kier alpha value is -3.10. The summed E-state index contributed by atoms with van der Waals surface area (Å²) in [6.07, 6.45) is 1.67. The third kappa shape index (κ3) is 2.08. The van der Waals surface area contributed by atoms with Crippen molar-refractivity contribution in [3.05, 3.63) is 23.9 Å². The molecule has 4 heterocycles. The zero-order valence-corrected chi connectivity index (χ0v) is 12.5. The number of nitrogens with zero attached hydrogens (tertiary/aromatic N) is 5. The normalized spacial score (nSPS) is 15.3. The van der Waals surface area contributed by atoms with E-state index in [4.69, 9.17) is 16.2 Å². The fraction of sp³-hybridized carbons (Fsp3) is 0.286. The Kier molecular flexibility index (Phi) is 2.93. The quantitative estimate of drug-likeness (QED) is 0.635. The predicted molar refractivity (Wildman–Crippen MR) is 86.0 cm³/mol. The molecule has 0 aliphatic carbocycles. The van der Waals surface area contributed by atoms with Crippen molar-refractivity contribution < 1.29 is 4.74 Å². The molecule has 9 nitrogen and oxygen atoms in total. The Morgan fingerprint density at radius 1 is 1.35 bits per heavy atom. The van der Waals surface area contributed by atoms with Crippen LogP contribution in [0.1, 0.15) is 18.5 Å². The fourth-order valence-corrected chi connectivity index (χ4v) is 2.89. The maximum atomic E-state index is 6.02. The molecule has 23 heavy (non-hydrogen) atoms. The minimum atomic E-state index is -0.0503. The van der Waals surface area contributed by atoms with Crippen LogP contribution in [0.2, 0.25) is 0 Å². The van der Waals surface area contributed by atoms with E-state index in [1.165, 1.54) is 0 Å². The zero-order chi connectivity index (χ0) is 16.0. The molecule has 118 valence electrons. The van der Waals surface area contributed by atoms with Crippen LogP contribution in [0.5, 0.6) is 5.88 Å². The van der Waals surface area contributed by atoms with Gasteiger partial charge < -0.3 is 21.1 Å². The summed E-state index contributed by atoms with van der Waals surface area (Å²) in [6, 6.07) is 3.77.